The highest BCUT2D eigenvalue weighted by atomic mass is 32.1. The quantitative estimate of drug-likeness (QED) is 0.865. The van der Waals surface area contributed by atoms with E-state index in [1.54, 1.807) is 7.11 Å². The number of rotatable bonds is 5. The van der Waals surface area contributed by atoms with E-state index >= 15 is 0 Å². The molecule has 1 aliphatic carbocycles. The summed E-state index contributed by atoms with van der Waals surface area (Å²) in [7, 11) is 1.57. The first-order chi connectivity index (χ1) is 9.57. The third-order valence-electron chi connectivity index (χ3n) is 3.64. The number of aromatic carboxylic acids is 1. The molecule has 0 unspecified atom stereocenters. The van der Waals surface area contributed by atoms with Crippen molar-refractivity contribution in [3.05, 3.63) is 16.1 Å². The average molecular weight is 298 g/mol. The Morgan fingerprint density at radius 3 is 2.70 bits per heavy atom. The van der Waals surface area contributed by atoms with Gasteiger partial charge in [-0.25, -0.2) is 9.78 Å². The number of carbonyl (C=O) groups is 2. The first kappa shape index (κ1) is 14.9. The van der Waals surface area contributed by atoms with Gasteiger partial charge in [0.25, 0.3) is 5.91 Å². The predicted molar refractivity (Wildman–Crippen MR) is 73.7 cm³/mol. The van der Waals surface area contributed by atoms with Crippen LogP contribution < -0.4 is 5.32 Å². The van der Waals surface area contributed by atoms with Gasteiger partial charge < -0.3 is 15.2 Å². The van der Waals surface area contributed by atoms with Crippen LogP contribution in [-0.4, -0.2) is 34.7 Å². The molecule has 1 aromatic heterocycles. The van der Waals surface area contributed by atoms with Crippen molar-refractivity contribution in [2.24, 2.45) is 0 Å². The number of hydrogen-bond acceptors (Lipinski definition) is 5. The second-order valence-electron chi connectivity index (χ2n) is 4.87. The molecular weight excluding hydrogens is 280 g/mol. The molecule has 20 heavy (non-hydrogen) atoms. The Hall–Kier alpha value is -1.47. The second kappa shape index (κ2) is 6.32. The molecule has 1 saturated carbocycles. The Labute approximate surface area is 121 Å². The van der Waals surface area contributed by atoms with Gasteiger partial charge in [0.1, 0.15) is 10.6 Å². The number of carboxylic acid groups (broad SMARTS) is 1. The van der Waals surface area contributed by atoms with E-state index in [1.807, 2.05) is 0 Å². The van der Waals surface area contributed by atoms with E-state index in [0.29, 0.717) is 5.01 Å². The van der Waals surface area contributed by atoms with Gasteiger partial charge >= 0.3 is 5.97 Å². The van der Waals surface area contributed by atoms with Gasteiger partial charge in [0.15, 0.2) is 5.69 Å². The molecule has 0 aromatic carbocycles. The zero-order chi connectivity index (χ0) is 14.6. The number of aromatic nitrogens is 1. The Balaban J connectivity index is 1.94. The molecule has 6 nitrogen and oxygen atoms in total. The lowest BCUT2D eigenvalue weighted by Gasteiger charge is -2.34. The molecule has 0 saturated heterocycles. The van der Waals surface area contributed by atoms with Crippen molar-refractivity contribution in [2.75, 3.05) is 7.11 Å². The number of nitrogens with one attached hydrogen (secondary N) is 1. The number of hydrogen-bond donors (Lipinski definition) is 2. The van der Waals surface area contributed by atoms with Crippen LogP contribution >= 0.6 is 11.3 Å². The van der Waals surface area contributed by atoms with Crippen molar-refractivity contribution in [3.63, 3.8) is 0 Å². The van der Waals surface area contributed by atoms with Gasteiger partial charge in [-0.05, 0) is 12.8 Å². The maximum atomic E-state index is 12.3. The van der Waals surface area contributed by atoms with Gasteiger partial charge in [0.05, 0.1) is 6.54 Å². The van der Waals surface area contributed by atoms with Gasteiger partial charge in [0, 0.05) is 12.5 Å². The van der Waals surface area contributed by atoms with Crippen LogP contribution in [0.5, 0.6) is 0 Å². The topological polar surface area (TPSA) is 88.5 Å². The molecule has 0 spiro atoms. The van der Waals surface area contributed by atoms with Crippen LogP contribution in [0.25, 0.3) is 0 Å². The molecule has 7 heteroatoms. The summed E-state index contributed by atoms with van der Waals surface area (Å²) >= 11 is 1.23. The predicted octanol–water partition coefficient (Wildman–Crippen LogP) is 1.81. The van der Waals surface area contributed by atoms with E-state index in [9.17, 15) is 9.59 Å². The third kappa shape index (κ3) is 3.16. The van der Waals surface area contributed by atoms with Crippen molar-refractivity contribution < 1.29 is 19.4 Å². The second-order valence-corrected chi connectivity index (χ2v) is 5.82. The molecule has 1 aromatic rings. The van der Waals surface area contributed by atoms with Crippen LogP contribution in [0.2, 0.25) is 0 Å². The smallest absolute Gasteiger partial charge is 0.355 e. The fraction of sp³-hybridized carbons (Fsp3) is 0.615. The Bertz CT molecular complexity index is 494. The maximum Gasteiger partial charge on any atom is 0.355 e. The van der Waals surface area contributed by atoms with Crippen molar-refractivity contribution in [2.45, 2.75) is 44.2 Å². The van der Waals surface area contributed by atoms with Gasteiger partial charge in [-0.1, -0.05) is 19.3 Å². The first-order valence-corrected chi connectivity index (χ1v) is 7.46. The summed E-state index contributed by atoms with van der Waals surface area (Å²) in [5, 5.41) is 13.6. The third-order valence-corrected chi connectivity index (χ3v) is 4.49. The summed E-state index contributed by atoms with van der Waals surface area (Å²) in [6.45, 7) is 0.238. The largest absolute Gasteiger partial charge is 0.476 e. The molecule has 1 fully saturated rings. The zero-order valence-electron chi connectivity index (χ0n) is 11.3. The van der Waals surface area contributed by atoms with Crippen molar-refractivity contribution >= 4 is 23.2 Å². The fourth-order valence-electron chi connectivity index (χ4n) is 2.45. The van der Waals surface area contributed by atoms with Crippen molar-refractivity contribution in [3.8, 4) is 0 Å². The highest BCUT2D eigenvalue weighted by Crippen LogP contribution is 2.31. The van der Waals surface area contributed by atoms with Crippen molar-refractivity contribution in [1.29, 1.82) is 0 Å². The van der Waals surface area contributed by atoms with Gasteiger partial charge in [0.2, 0.25) is 0 Å². The van der Waals surface area contributed by atoms with E-state index in [1.165, 1.54) is 16.7 Å². The molecule has 0 bridgehead atoms. The fourth-order valence-corrected chi connectivity index (χ4v) is 3.16. The molecule has 0 aliphatic heterocycles. The standard InChI is InChI=1S/C13H18N2O4S/c1-19-13(5-3-2-4-6-13)12(18)14-7-10-15-9(8-20-10)11(16)17/h8H,2-7H2,1H3,(H,14,18)(H,16,17). The molecule has 0 radical (unpaired) electrons. The Kier molecular flexibility index (Phi) is 4.72. The molecule has 1 amide bonds. The average Bonchev–Trinajstić information content (AvgIpc) is 2.94. The van der Waals surface area contributed by atoms with Crippen LogP contribution in [0.3, 0.4) is 0 Å². The van der Waals surface area contributed by atoms with E-state index in [0.717, 1.165) is 32.1 Å². The van der Waals surface area contributed by atoms with Crippen LogP contribution in [0.1, 0.15) is 47.6 Å². The number of carbonyl (C=O) groups excluding carboxylic acids is 1. The van der Waals surface area contributed by atoms with E-state index in [2.05, 4.69) is 10.3 Å². The Morgan fingerprint density at radius 2 is 2.15 bits per heavy atom. The number of carboxylic acids is 1. The van der Waals surface area contributed by atoms with E-state index in [-0.39, 0.29) is 18.1 Å². The van der Waals surface area contributed by atoms with Gasteiger partial charge in [-0.3, -0.25) is 4.79 Å². The minimum Gasteiger partial charge on any atom is -0.476 e. The summed E-state index contributed by atoms with van der Waals surface area (Å²) in [5.41, 5.74) is -0.719. The molecule has 2 N–H and O–H groups in total. The first-order valence-electron chi connectivity index (χ1n) is 6.58. The van der Waals surface area contributed by atoms with E-state index in [4.69, 9.17) is 9.84 Å². The molecule has 110 valence electrons. The minimum absolute atomic E-state index is 0.0124. The lowest BCUT2D eigenvalue weighted by Crippen LogP contribution is -2.49. The van der Waals surface area contributed by atoms with Gasteiger partial charge in [-0.2, -0.15) is 0 Å². The molecule has 1 aliphatic rings. The van der Waals surface area contributed by atoms with Crippen molar-refractivity contribution in [1.82, 2.24) is 10.3 Å². The normalized spacial score (nSPS) is 17.6. The molecule has 0 atom stereocenters. The minimum atomic E-state index is -1.06. The number of thiazole rings is 1. The zero-order valence-corrected chi connectivity index (χ0v) is 12.2. The maximum absolute atomic E-state index is 12.3. The summed E-state index contributed by atoms with van der Waals surface area (Å²) in [5.74, 6) is -1.19. The highest BCUT2D eigenvalue weighted by Gasteiger charge is 2.39. The lowest BCUT2D eigenvalue weighted by atomic mass is 9.84. The number of ether oxygens (including phenoxy) is 1. The molecule has 2 rings (SSSR count). The SMILES string of the molecule is COC1(C(=O)NCc2nc(C(=O)O)cs2)CCCCC1. The molecular formula is C13H18N2O4S. The summed E-state index contributed by atoms with van der Waals surface area (Å²) in [4.78, 5) is 27.0. The van der Waals surface area contributed by atoms with E-state index < -0.39 is 11.6 Å². The number of methoxy groups -OCH3 is 1. The number of amides is 1. The summed E-state index contributed by atoms with van der Waals surface area (Å²) in [6.07, 6.45) is 4.57. The monoisotopic (exact) mass is 298 g/mol. The molecule has 1 heterocycles. The van der Waals surface area contributed by atoms with Crippen LogP contribution in [-0.2, 0) is 16.1 Å². The summed E-state index contributed by atoms with van der Waals surface area (Å²) < 4.78 is 5.45. The number of nitrogens with zero attached hydrogens (tertiary/aromatic N) is 1. The van der Waals surface area contributed by atoms with Gasteiger partial charge in [-0.15, -0.1) is 11.3 Å². The summed E-state index contributed by atoms with van der Waals surface area (Å²) in [6, 6.07) is 0. The Morgan fingerprint density at radius 1 is 1.45 bits per heavy atom. The van der Waals surface area contributed by atoms with Crippen LogP contribution in [0.15, 0.2) is 5.38 Å². The van der Waals surface area contributed by atoms with Crippen LogP contribution in [0, 0.1) is 0 Å². The van der Waals surface area contributed by atoms with Crippen LogP contribution in [0.4, 0.5) is 0 Å². The lowest BCUT2D eigenvalue weighted by molar-refractivity contribution is -0.147. The highest BCUT2D eigenvalue weighted by molar-refractivity contribution is 7.09.